The van der Waals surface area contributed by atoms with E-state index < -0.39 is 0 Å². The SMILES string of the molecule is Nc1nc(O)c2c(n1)CC(c1cccc(Cl)c1)CC2. The van der Waals surface area contributed by atoms with Gasteiger partial charge in [0.25, 0.3) is 0 Å². The maximum atomic E-state index is 9.79. The number of nitrogens with zero attached hydrogens (tertiary/aromatic N) is 2. The van der Waals surface area contributed by atoms with Gasteiger partial charge in [0.1, 0.15) is 0 Å². The summed E-state index contributed by atoms with van der Waals surface area (Å²) in [6, 6.07) is 7.89. The molecule has 2 aromatic rings. The molecular weight excluding hydrogens is 262 g/mol. The van der Waals surface area contributed by atoms with Gasteiger partial charge in [0.05, 0.1) is 5.69 Å². The molecule has 1 aromatic heterocycles. The molecule has 0 saturated heterocycles. The molecule has 19 heavy (non-hydrogen) atoms. The van der Waals surface area contributed by atoms with Gasteiger partial charge in [-0.05, 0) is 42.9 Å². The van der Waals surface area contributed by atoms with Gasteiger partial charge >= 0.3 is 0 Å². The molecule has 1 heterocycles. The number of aromatic hydroxyl groups is 1. The van der Waals surface area contributed by atoms with Crippen LogP contribution < -0.4 is 5.73 Å². The van der Waals surface area contributed by atoms with Crippen molar-refractivity contribution in [3.8, 4) is 5.88 Å². The summed E-state index contributed by atoms with van der Waals surface area (Å²) in [5.41, 5.74) is 8.47. The number of rotatable bonds is 1. The number of benzene rings is 1. The smallest absolute Gasteiger partial charge is 0.223 e. The minimum absolute atomic E-state index is 0.0204. The topological polar surface area (TPSA) is 72.0 Å². The summed E-state index contributed by atoms with van der Waals surface area (Å²) >= 11 is 6.03. The van der Waals surface area contributed by atoms with Crippen LogP contribution in [0.2, 0.25) is 5.02 Å². The van der Waals surface area contributed by atoms with E-state index in [2.05, 4.69) is 16.0 Å². The maximum absolute atomic E-state index is 9.79. The average molecular weight is 276 g/mol. The first kappa shape index (κ1) is 12.2. The number of anilines is 1. The van der Waals surface area contributed by atoms with Crippen LogP contribution in [0.3, 0.4) is 0 Å². The van der Waals surface area contributed by atoms with E-state index in [1.807, 2.05) is 18.2 Å². The number of fused-ring (bicyclic) bond motifs is 1. The Hall–Kier alpha value is -1.81. The minimum atomic E-state index is 0.0204. The third-order valence-electron chi connectivity index (χ3n) is 3.59. The lowest BCUT2D eigenvalue weighted by molar-refractivity contribution is 0.433. The van der Waals surface area contributed by atoms with Crippen molar-refractivity contribution < 1.29 is 5.11 Å². The van der Waals surface area contributed by atoms with E-state index in [1.54, 1.807) is 0 Å². The van der Waals surface area contributed by atoms with Gasteiger partial charge in [-0.2, -0.15) is 4.98 Å². The summed E-state index contributed by atoms with van der Waals surface area (Å²) < 4.78 is 0. The van der Waals surface area contributed by atoms with Crippen LogP contribution in [0.4, 0.5) is 5.95 Å². The minimum Gasteiger partial charge on any atom is -0.493 e. The molecule has 1 unspecified atom stereocenters. The van der Waals surface area contributed by atoms with E-state index in [9.17, 15) is 5.11 Å². The average Bonchev–Trinajstić information content (AvgIpc) is 2.37. The molecule has 98 valence electrons. The first-order chi connectivity index (χ1) is 9.13. The zero-order valence-electron chi connectivity index (χ0n) is 10.3. The second-order valence-corrected chi connectivity index (χ2v) is 5.26. The van der Waals surface area contributed by atoms with Crippen molar-refractivity contribution >= 4 is 17.5 Å². The third kappa shape index (κ3) is 2.36. The van der Waals surface area contributed by atoms with Gasteiger partial charge in [-0.25, -0.2) is 4.98 Å². The normalized spacial score (nSPS) is 18.1. The lowest BCUT2D eigenvalue weighted by Crippen LogP contribution is -2.16. The fraction of sp³-hybridized carbons (Fsp3) is 0.286. The fourth-order valence-corrected chi connectivity index (χ4v) is 2.86. The second kappa shape index (κ2) is 4.70. The molecule has 4 nitrogen and oxygen atoms in total. The lowest BCUT2D eigenvalue weighted by Gasteiger charge is -2.24. The zero-order chi connectivity index (χ0) is 13.4. The van der Waals surface area contributed by atoms with E-state index in [0.29, 0.717) is 5.92 Å². The Morgan fingerprint density at radius 3 is 2.95 bits per heavy atom. The molecule has 3 N–H and O–H groups in total. The van der Waals surface area contributed by atoms with Crippen LogP contribution >= 0.6 is 11.6 Å². The molecule has 1 aliphatic rings. The molecule has 0 bridgehead atoms. The van der Waals surface area contributed by atoms with Crippen LogP contribution in [0.15, 0.2) is 24.3 Å². The van der Waals surface area contributed by atoms with Gasteiger partial charge < -0.3 is 10.8 Å². The van der Waals surface area contributed by atoms with Crippen molar-refractivity contribution in [3.63, 3.8) is 0 Å². The highest BCUT2D eigenvalue weighted by Crippen LogP contribution is 2.35. The van der Waals surface area contributed by atoms with Crippen LogP contribution in [0.25, 0.3) is 0 Å². The van der Waals surface area contributed by atoms with Gasteiger partial charge in [-0.15, -0.1) is 0 Å². The molecule has 1 aromatic carbocycles. The molecule has 1 atom stereocenters. The Bertz CT molecular complexity index is 630. The van der Waals surface area contributed by atoms with Crippen LogP contribution in [0.5, 0.6) is 5.88 Å². The molecule has 5 heteroatoms. The lowest BCUT2D eigenvalue weighted by atomic mass is 9.83. The standard InChI is InChI=1S/C14H14ClN3O/c15-10-3-1-2-8(6-10)9-4-5-11-12(7-9)17-14(16)18-13(11)19/h1-3,6,9H,4-5,7H2,(H3,16,17,18,19). The van der Waals surface area contributed by atoms with Gasteiger partial charge in [0.2, 0.25) is 11.8 Å². The van der Waals surface area contributed by atoms with Crippen molar-refractivity contribution in [2.75, 3.05) is 5.73 Å². The summed E-state index contributed by atoms with van der Waals surface area (Å²) in [4.78, 5) is 8.05. The van der Waals surface area contributed by atoms with Crippen LogP contribution in [0.1, 0.15) is 29.2 Å². The highest BCUT2D eigenvalue weighted by molar-refractivity contribution is 6.30. The van der Waals surface area contributed by atoms with Crippen molar-refractivity contribution in [2.45, 2.75) is 25.2 Å². The number of hydrogen-bond acceptors (Lipinski definition) is 4. The van der Waals surface area contributed by atoms with Crippen molar-refractivity contribution in [1.82, 2.24) is 9.97 Å². The number of nitrogens with two attached hydrogens (primary N) is 1. The quantitative estimate of drug-likeness (QED) is 0.839. The molecule has 0 amide bonds. The highest BCUT2D eigenvalue weighted by atomic mass is 35.5. The second-order valence-electron chi connectivity index (χ2n) is 4.83. The van der Waals surface area contributed by atoms with E-state index in [0.717, 1.165) is 35.5 Å². The molecule has 0 aliphatic heterocycles. The predicted octanol–water partition coefficient (Wildman–Crippen LogP) is 2.69. The maximum Gasteiger partial charge on any atom is 0.223 e. The highest BCUT2D eigenvalue weighted by Gasteiger charge is 2.24. The van der Waals surface area contributed by atoms with E-state index in [1.165, 1.54) is 5.56 Å². The molecule has 1 aliphatic carbocycles. The molecule has 0 spiro atoms. The number of nitrogen functional groups attached to an aromatic ring is 1. The van der Waals surface area contributed by atoms with Gasteiger partial charge in [0, 0.05) is 10.6 Å². The van der Waals surface area contributed by atoms with E-state index >= 15 is 0 Å². The monoisotopic (exact) mass is 275 g/mol. The Balaban J connectivity index is 1.94. The van der Waals surface area contributed by atoms with Crippen molar-refractivity contribution in [1.29, 1.82) is 0 Å². The molecule has 3 rings (SSSR count). The summed E-state index contributed by atoms with van der Waals surface area (Å²) in [6.07, 6.45) is 2.47. The van der Waals surface area contributed by atoms with E-state index in [-0.39, 0.29) is 11.8 Å². The number of aromatic nitrogens is 2. The third-order valence-corrected chi connectivity index (χ3v) is 3.83. The Kier molecular flexibility index (Phi) is 3.03. The van der Waals surface area contributed by atoms with Crippen molar-refractivity contribution in [2.24, 2.45) is 0 Å². The fourth-order valence-electron chi connectivity index (χ4n) is 2.66. The summed E-state index contributed by atoms with van der Waals surface area (Å²) in [7, 11) is 0. The number of halogens is 1. The van der Waals surface area contributed by atoms with Gasteiger partial charge in [0.15, 0.2) is 0 Å². The summed E-state index contributed by atoms with van der Waals surface area (Å²) in [5, 5.41) is 10.5. The summed E-state index contributed by atoms with van der Waals surface area (Å²) in [5.74, 6) is 0.509. The Morgan fingerprint density at radius 2 is 2.16 bits per heavy atom. The number of hydrogen-bond donors (Lipinski definition) is 2. The van der Waals surface area contributed by atoms with E-state index in [4.69, 9.17) is 17.3 Å². The first-order valence-corrected chi connectivity index (χ1v) is 6.61. The Morgan fingerprint density at radius 1 is 1.32 bits per heavy atom. The molecule has 0 fully saturated rings. The summed E-state index contributed by atoms with van der Waals surface area (Å²) in [6.45, 7) is 0. The molecular formula is C14H14ClN3O. The van der Waals surface area contributed by atoms with Crippen LogP contribution in [-0.2, 0) is 12.8 Å². The molecule has 0 radical (unpaired) electrons. The largest absolute Gasteiger partial charge is 0.493 e. The Labute approximate surface area is 116 Å². The van der Waals surface area contributed by atoms with Gasteiger partial charge in [-0.1, -0.05) is 23.7 Å². The first-order valence-electron chi connectivity index (χ1n) is 6.23. The van der Waals surface area contributed by atoms with Crippen LogP contribution in [0, 0.1) is 0 Å². The van der Waals surface area contributed by atoms with Gasteiger partial charge in [-0.3, -0.25) is 0 Å². The van der Waals surface area contributed by atoms with Crippen LogP contribution in [-0.4, -0.2) is 15.1 Å². The van der Waals surface area contributed by atoms with Crippen molar-refractivity contribution in [3.05, 3.63) is 46.1 Å². The predicted molar refractivity (Wildman–Crippen MR) is 74.3 cm³/mol. The molecule has 0 saturated carbocycles. The zero-order valence-corrected chi connectivity index (χ0v) is 11.1.